The Bertz CT molecular complexity index is 1400. The molecule has 0 saturated heterocycles. The van der Waals surface area contributed by atoms with Gasteiger partial charge in [-0.05, 0) is 48.4 Å². The van der Waals surface area contributed by atoms with Crippen LogP contribution in [0.3, 0.4) is 0 Å². The number of phenolic OH excluding ortho intramolecular Hbond substituents is 1. The van der Waals surface area contributed by atoms with Crippen LogP contribution in [0.25, 0.3) is 0 Å². The van der Waals surface area contributed by atoms with Crippen molar-refractivity contribution in [1.82, 2.24) is 0 Å². The molecule has 3 aromatic rings. The zero-order chi connectivity index (χ0) is 25.4. The lowest BCUT2D eigenvalue weighted by molar-refractivity contribution is -0.385. The first-order valence-corrected chi connectivity index (χ1v) is 11.5. The van der Waals surface area contributed by atoms with Crippen molar-refractivity contribution in [3.63, 3.8) is 0 Å². The number of rotatable bonds is 5. The third-order valence-corrected chi connectivity index (χ3v) is 6.72. The Morgan fingerprint density at radius 2 is 1.78 bits per heavy atom. The number of carbonyl (C=O) groups excluding carboxylic acids is 1. The van der Waals surface area contributed by atoms with Crippen LogP contribution in [0, 0.1) is 10.1 Å². The van der Waals surface area contributed by atoms with Crippen molar-refractivity contribution in [3.05, 3.63) is 93.2 Å². The van der Waals surface area contributed by atoms with E-state index in [9.17, 15) is 20.0 Å². The Labute approximate surface area is 207 Å². The summed E-state index contributed by atoms with van der Waals surface area (Å²) in [5.41, 5.74) is 3.78. The Balaban J connectivity index is 1.63. The summed E-state index contributed by atoms with van der Waals surface area (Å²) < 4.78 is 11.0. The van der Waals surface area contributed by atoms with Gasteiger partial charge in [-0.1, -0.05) is 18.2 Å². The highest BCUT2D eigenvalue weighted by Crippen LogP contribution is 2.46. The predicted molar refractivity (Wildman–Crippen MR) is 135 cm³/mol. The van der Waals surface area contributed by atoms with E-state index in [0.29, 0.717) is 29.1 Å². The number of fused-ring (bicyclic) bond motifs is 1. The summed E-state index contributed by atoms with van der Waals surface area (Å²) in [5, 5.41) is 28.3. The van der Waals surface area contributed by atoms with E-state index < -0.39 is 22.4 Å². The molecule has 5 rings (SSSR count). The first-order valence-electron chi connectivity index (χ1n) is 11.5. The number of para-hydroxylation sites is 2. The van der Waals surface area contributed by atoms with Crippen LogP contribution < -0.4 is 20.1 Å². The first-order chi connectivity index (χ1) is 17.4. The van der Waals surface area contributed by atoms with E-state index in [-0.39, 0.29) is 18.1 Å². The van der Waals surface area contributed by atoms with Crippen molar-refractivity contribution >= 4 is 22.8 Å². The van der Waals surface area contributed by atoms with Gasteiger partial charge in [0.15, 0.2) is 11.5 Å². The molecule has 2 unspecified atom stereocenters. The van der Waals surface area contributed by atoms with Crippen LogP contribution in [0.2, 0.25) is 0 Å². The lowest BCUT2D eigenvalue weighted by atomic mass is 9.78. The fraction of sp³-hybridized carbons (Fsp3) is 0.222. The highest BCUT2D eigenvalue weighted by molar-refractivity contribution is 6.01. The zero-order valence-electron chi connectivity index (χ0n) is 19.8. The van der Waals surface area contributed by atoms with Crippen molar-refractivity contribution in [3.8, 4) is 17.2 Å². The van der Waals surface area contributed by atoms with E-state index in [0.717, 1.165) is 22.6 Å². The maximum atomic E-state index is 13.7. The number of nitrogens with zero attached hydrogens (tertiary/aromatic N) is 1. The highest BCUT2D eigenvalue weighted by atomic mass is 16.6. The topological polar surface area (TPSA) is 123 Å². The largest absolute Gasteiger partial charge is 0.502 e. The smallest absolute Gasteiger partial charge is 0.311 e. The molecule has 184 valence electrons. The number of aromatic hydroxyl groups is 1. The Morgan fingerprint density at radius 1 is 1.00 bits per heavy atom. The fourth-order valence-electron chi connectivity index (χ4n) is 4.99. The van der Waals surface area contributed by atoms with E-state index in [4.69, 9.17) is 9.47 Å². The molecule has 1 aliphatic heterocycles. The number of Topliss-reactive ketones (excluding diaryl/α,β-unsaturated/α-hetero) is 1. The van der Waals surface area contributed by atoms with Crippen molar-refractivity contribution in [2.45, 2.75) is 24.8 Å². The molecule has 2 aliphatic rings. The molecule has 3 aromatic carbocycles. The number of allylic oxidation sites excluding steroid dienone is 1. The van der Waals surface area contributed by atoms with Gasteiger partial charge in [0.1, 0.15) is 11.5 Å². The summed E-state index contributed by atoms with van der Waals surface area (Å²) in [6, 6.07) is 16.7. The zero-order valence-corrected chi connectivity index (χ0v) is 19.8. The molecule has 36 heavy (non-hydrogen) atoms. The number of hydrogen-bond donors (Lipinski definition) is 3. The van der Waals surface area contributed by atoms with Gasteiger partial charge in [0.2, 0.25) is 0 Å². The van der Waals surface area contributed by atoms with Gasteiger partial charge in [0.05, 0.1) is 36.6 Å². The van der Waals surface area contributed by atoms with Crippen LogP contribution in [0.1, 0.15) is 35.9 Å². The van der Waals surface area contributed by atoms with E-state index >= 15 is 0 Å². The number of ether oxygens (including phenoxy) is 2. The molecule has 0 saturated carbocycles. The van der Waals surface area contributed by atoms with Gasteiger partial charge < -0.3 is 25.2 Å². The summed E-state index contributed by atoms with van der Waals surface area (Å²) >= 11 is 0. The van der Waals surface area contributed by atoms with Gasteiger partial charge in [-0.2, -0.15) is 0 Å². The monoisotopic (exact) mass is 487 g/mol. The molecule has 0 spiro atoms. The van der Waals surface area contributed by atoms with Gasteiger partial charge in [0.25, 0.3) is 0 Å². The number of hydrogen-bond acceptors (Lipinski definition) is 8. The van der Waals surface area contributed by atoms with Crippen LogP contribution in [0.15, 0.2) is 71.9 Å². The molecule has 0 fully saturated rings. The summed E-state index contributed by atoms with van der Waals surface area (Å²) in [6.07, 6.45) is 0.760. The number of phenols is 1. The molecule has 1 aliphatic carbocycles. The predicted octanol–water partition coefficient (Wildman–Crippen LogP) is 5.30. The second-order valence-corrected chi connectivity index (χ2v) is 8.78. The molecule has 1 heterocycles. The molecule has 0 amide bonds. The molecular formula is C27H25N3O6. The number of carbonyl (C=O) groups is 1. The molecule has 9 heteroatoms. The average Bonchev–Trinajstić information content (AvgIpc) is 3.05. The molecule has 2 atom stereocenters. The van der Waals surface area contributed by atoms with E-state index in [2.05, 4.69) is 10.6 Å². The normalized spacial score (nSPS) is 18.8. The Morgan fingerprint density at radius 3 is 2.50 bits per heavy atom. The second-order valence-electron chi connectivity index (χ2n) is 8.78. The lowest BCUT2D eigenvalue weighted by Crippen LogP contribution is -2.27. The van der Waals surface area contributed by atoms with E-state index in [1.54, 1.807) is 20.3 Å². The molecule has 9 nitrogen and oxygen atoms in total. The number of nitro benzene ring substituents is 1. The minimum absolute atomic E-state index is 0.0837. The second kappa shape index (κ2) is 9.26. The van der Waals surface area contributed by atoms with Gasteiger partial charge in [0, 0.05) is 35.2 Å². The lowest BCUT2D eigenvalue weighted by Gasteiger charge is -2.30. The summed E-state index contributed by atoms with van der Waals surface area (Å²) in [5.74, 6) is 0.683. The average molecular weight is 488 g/mol. The van der Waals surface area contributed by atoms with Crippen molar-refractivity contribution < 1.29 is 24.3 Å². The van der Waals surface area contributed by atoms with Gasteiger partial charge in [-0.15, -0.1) is 0 Å². The Hall–Kier alpha value is -4.53. The fourth-order valence-corrected chi connectivity index (χ4v) is 4.99. The molecule has 0 aromatic heterocycles. The number of methoxy groups -OCH3 is 2. The third-order valence-electron chi connectivity index (χ3n) is 6.72. The number of anilines is 2. The number of nitrogens with one attached hydrogen (secondary N) is 2. The van der Waals surface area contributed by atoms with Gasteiger partial charge in [-0.3, -0.25) is 14.9 Å². The Kier molecular flexibility index (Phi) is 5.97. The molecule has 0 radical (unpaired) electrons. The SMILES string of the molecule is COc1ccc(OC)c(C2CC(=O)C3=C(C2)Nc2ccccc2NC3c2ccc(O)c([N+](=O)[O-])c2)c1. The highest BCUT2D eigenvalue weighted by Gasteiger charge is 2.37. The number of ketones is 1. The van der Waals surface area contributed by atoms with Crippen molar-refractivity contribution in [2.24, 2.45) is 0 Å². The van der Waals surface area contributed by atoms with E-state index in [1.807, 2.05) is 42.5 Å². The minimum atomic E-state index is -0.642. The van der Waals surface area contributed by atoms with Crippen molar-refractivity contribution in [2.75, 3.05) is 24.9 Å². The van der Waals surface area contributed by atoms with Crippen LogP contribution in [0.5, 0.6) is 17.2 Å². The quantitative estimate of drug-likeness (QED) is 0.327. The molecule has 0 bridgehead atoms. The van der Waals surface area contributed by atoms with Crippen molar-refractivity contribution in [1.29, 1.82) is 0 Å². The summed E-state index contributed by atoms with van der Waals surface area (Å²) in [7, 11) is 3.19. The van der Waals surface area contributed by atoms with Gasteiger partial charge in [-0.25, -0.2) is 0 Å². The number of nitro groups is 1. The van der Waals surface area contributed by atoms with Gasteiger partial charge >= 0.3 is 5.69 Å². The minimum Gasteiger partial charge on any atom is -0.502 e. The van der Waals surface area contributed by atoms with Crippen LogP contribution >= 0.6 is 0 Å². The standard InChI is InChI=1S/C27H25N3O6/c1-35-17-8-10-25(36-2)18(14-17)16-11-21-26(24(32)13-16)27(29-20-6-4-3-5-19(20)28-21)15-7-9-23(31)22(12-15)30(33)34/h3-10,12,14,16,27-29,31H,11,13H2,1-2H3. The summed E-state index contributed by atoms with van der Waals surface area (Å²) in [6.45, 7) is 0. The number of benzene rings is 3. The maximum Gasteiger partial charge on any atom is 0.311 e. The third kappa shape index (κ3) is 4.08. The maximum absolute atomic E-state index is 13.7. The van der Waals surface area contributed by atoms with E-state index in [1.165, 1.54) is 12.1 Å². The van der Waals surface area contributed by atoms with Crippen LogP contribution in [-0.4, -0.2) is 30.0 Å². The summed E-state index contributed by atoms with van der Waals surface area (Å²) in [4.78, 5) is 24.6. The first kappa shape index (κ1) is 23.2. The van der Waals surface area contributed by atoms with Crippen LogP contribution in [-0.2, 0) is 4.79 Å². The molecular weight excluding hydrogens is 462 g/mol. The van der Waals surface area contributed by atoms with Crippen LogP contribution in [0.4, 0.5) is 17.1 Å². The molecule has 3 N–H and O–H groups in total.